The Morgan fingerprint density at radius 3 is 2.81 bits per heavy atom. The Hall–Kier alpha value is -1.07. The van der Waals surface area contributed by atoms with E-state index in [1.165, 1.54) is 6.07 Å². The fourth-order valence-corrected chi connectivity index (χ4v) is 1.88. The minimum Gasteiger partial charge on any atom is -0.399 e. The van der Waals surface area contributed by atoms with E-state index in [4.69, 9.17) is 23.1 Å². The maximum Gasteiger partial charge on any atom is 0.250 e. The van der Waals surface area contributed by atoms with Crippen LogP contribution >= 0.6 is 23.4 Å². The van der Waals surface area contributed by atoms with Gasteiger partial charge in [0.1, 0.15) is 0 Å². The van der Waals surface area contributed by atoms with Gasteiger partial charge in [-0.25, -0.2) is 0 Å². The van der Waals surface area contributed by atoms with Gasteiger partial charge in [0, 0.05) is 18.0 Å². The van der Waals surface area contributed by atoms with Gasteiger partial charge in [0.05, 0.1) is 16.3 Å². The number of anilines is 2. The fraction of sp³-hybridized carbons (Fsp3) is 0.300. The zero-order valence-corrected chi connectivity index (χ0v) is 10.5. The Morgan fingerprint density at radius 2 is 2.25 bits per heavy atom. The van der Waals surface area contributed by atoms with E-state index in [0.29, 0.717) is 28.5 Å². The van der Waals surface area contributed by atoms with Crippen LogP contribution in [0, 0.1) is 0 Å². The molecule has 4 nitrogen and oxygen atoms in total. The molecule has 0 radical (unpaired) electrons. The second-order valence-corrected chi connectivity index (χ2v) is 4.60. The zero-order chi connectivity index (χ0) is 12.1. The number of carbonyl (C=O) groups excluding carboxylic acids is 1. The molecular weight excluding hydrogens is 246 g/mol. The third kappa shape index (κ3) is 3.21. The number of nitrogen functional groups attached to an aromatic ring is 1. The molecule has 0 aliphatic heterocycles. The zero-order valence-electron chi connectivity index (χ0n) is 8.92. The Labute approximate surface area is 104 Å². The van der Waals surface area contributed by atoms with Crippen LogP contribution in [0.3, 0.4) is 0 Å². The lowest BCUT2D eigenvalue weighted by atomic mass is 10.1. The van der Waals surface area contributed by atoms with Gasteiger partial charge in [-0.15, -0.1) is 0 Å². The summed E-state index contributed by atoms with van der Waals surface area (Å²) in [4.78, 5) is 11.2. The van der Waals surface area contributed by atoms with Crippen molar-refractivity contribution in [2.45, 2.75) is 0 Å². The van der Waals surface area contributed by atoms with Crippen molar-refractivity contribution >= 4 is 40.6 Å². The van der Waals surface area contributed by atoms with Crippen molar-refractivity contribution in [3.63, 3.8) is 0 Å². The molecule has 0 atom stereocenters. The number of hydrogen-bond donors (Lipinski definition) is 3. The molecule has 88 valence electrons. The van der Waals surface area contributed by atoms with E-state index in [9.17, 15) is 4.79 Å². The number of thioether (sulfide) groups is 1. The number of hydrogen-bond acceptors (Lipinski definition) is 4. The first kappa shape index (κ1) is 13.0. The number of benzene rings is 1. The summed E-state index contributed by atoms with van der Waals surface area (Å²) in [5.74, 6) is 0.375. The van der Waals surface area contributed by atoms with Gasteiger partial charge in [0.25, 0.3) is 5.91 Å². The molecule has 0 aromatic heterocycles. The first-order valence-electron chi connectivity index (χ1n) is 4.68. The van der Waals surface area contributed by atoms with Crippen LogP contribution in [0.15, 0.2) is 12.1 Å². The highest BCUT2D eigenvalue weighted by Gasteiger charge is 2.12. The van der Waals surface area contributed by atoms with Gasteiger partial charge >= 0.3 is 0 Å². The monoisotopic (exact) mass is 259 g/mol. The van der Waals surface area contributed by atoms with Crippen LogP contribution in [0.5, 0.6) is 0 Å². The summed E-state index contributed by atoms with van der Waals surface area (Å²) in [6, 6.07) is 3.12. The Morgan fingerprint density at radius 1 is 1.56 bits per heavy atom. The number of amides is 1. The molecule has 1 amide bonds. The van der Waals surface area contributed by atoms with Crippen molar-refractivity contribution in [3.05, 3.63) is 22.7 Å². The lowest BCUT2D eigenvalue weighted by Gasteiger charge is -2.12. The van der Waals surface area contributed by atoms with Crippen LogP contribution in [-0.2, 0) is 0 Å². The maximum absolute atomic E-state index is 11.2. The highest BCUT2D eigenvalue weighted by molar-refractivity contribution is 7.98. The standard InChI is InChI=1S/C10H14ClN3OS/c1-16-3-2-14-9-7(10(13)15)4-6(12)5-8(9)11/h4-5,14H,2-3,12H2,1H3,(H2,13,15). The topological polar surface area (TPSA) is 81.1 Å². The van der Waals surface area contributed by atoms with Crippen LogP contribution in [0.25, 0.3) is 0 Å². The number of nitrogens with two attached hydrogens (primary N) is 2. The molecule has 0 fully saturated rings. The molecule has 0 bridgehead atoms. The molecule has 0 aliphatic rings. The molecule has 0 unspecified atom stereocenters. The largest absolute Gasteiger partial charge is 0.399 e. The lowest BCUT2D eigenvalue weighted by Crippen LogP contribution is -2.16. The lowest BCUT2D eigenvalue weighted by molar-refractivity contribution is 0.100. The Bertz CT molecular complexity index is 398. The normalized spacial score (nSPS) is 10.1. The van der Waals surface area contributed by atoms with E-state index in [-0.39, 0.29) is 0 Å². The number of primary amides is 1. The third-order valence-electron chi connectivity index (χ3n) is 1.99. The molecule has 0 heterocycles. The Balaban J connectivity index is 2.99. The average molecular weight is 260 g/mol. The van der Waals surface area contributed by atoms with E-state index in [1.54, 1.807) is 17.8 Å². The quantitative estimate of drug-likeness (QED) is 0.556. The highest BCUT2D eigenvalue weighted by atomic mass is 35.5. The predicted molar refractivity (Wildman–Crippen MR) is 71.3 cm³/mol. The molecule has 1 aromatic rings. The number of nitrogens with one attached hydrogen (secondary N) is 1. The molecule has 0 spiro atoms. The van der Waals surface area contributed by atoms with Crippen molar-refractivity contribution in [2.24, 2.45) is 5.73 Å². The highest BCUT2D eigenvalue weighted by Crippen LogP contribution is 2.28. The van der Waals surface area contributed by atoms with Crippen LogP contribution < -0.4 is 16.8 Å². The van der Waals surface area contributed by atoms with Crippen LogP contribution in [0.4, 0.5) is 11.4 Å². The first-order valence-corrected chi connectivity index (χ1v) is 6.45. The number of rotatable bonds is 5. The third-order valence-corrected chi connectivity index (χ3v) is 2.90. The van der Waals surface area contributed by atoms with E-state index >= 15 is 0 Å². The minimum atomic E-state index is -0.541. The molecular formula is C10H14ClN3OS. The van der Waals surface area contributed by atoms with Crippen molar-refractivity contribution in [1.29, 1.82) is 0 Å². The van der Waals surface area contributed by atoms with E-state index < -0.39 is 5.91 Å². The fourth-order valence-electron chi connectivity index (χ4n) is 1.28. The van der Waals surface area contributed by atoms with Crippen molar-refractivity contribution < 1.29 is 4.79 Å². The summed E-state index contributed by atoms with van der Waals surface area (Å²) in [6.45, 7) is 0.713. The average Bonchev–Trinajstić information content (AvgIpc) is 2.20. The molecule has 5 N–H and O–H groups in total. The van der Waals surface area contributed by atoms with Crippen LogP contribution in [-0.4, -0.2) is 24.5 Å². The van der Waals surface area contributed by atoms with Crippen LogP contribution in [0.2, 0.25) is 5.02 Å². The van der Waals surface area contributed by atoms with Gasteiger partial charge in [-0.1, -0.05) is 11.6 Å². The van der Waals surface area contributed by atoms with E-state index in [2.05, 4.69) is 5.32 Å². The maximum atomic E-state index is 11.2. The van der Waals surface area contributed by atoms with Crippen LogP contribution in [0.1, 0.15) is 10.4 Å². The summed E-state index contributed by atoms with van der Waals surface area (Å²) in [5, 5.41) is 3.49. The summed E-state index contributed by atoms with van der Waals surface area (Å²) < 4.78 is 0. The van der Waals surface area contributed by atoms with Gasteiger partial charge in [0.2, 0.25) is 0 Å². The summed E-state index contributed by atoms with van der Waals surface area (Å²) in [5.41, 5.74) is 12.2. The van der Waals surface area contributed by atoms with Crippen molar-refractivity contribution in [3.8, 4) is 0 Å². The summed E-state index contributed by atoms with van der Waals surface area (Å²) in [6.07, 6.45) is 2.00. The second-order valence-electron chi connectivity index (χ2n) is 3.21. The molecule has 16 heavy (non-hydrogen) atoms. The molecule has 0 saturated heterocycles. The number of halogens is 1. The van der Waals surface area contributed by atoms with Crippen molar-refractivity contribution in [2.75, 3.05) is 29.6 Å². The number of carbonyl (C=O) groups is 1. The smallest absolute Gasteiger partial charge is 0.250 e. The molecule has 0 aliphatic carbocycles. The molecule has 1 aromatic carbocycles. The van der Waals surface area contributed by atoms with Gasteiger partial charge in [-0.3, -0.25) is 4.79 Å². The molecule has 0 saturated carbocycles. The minimum absolute atomic E-state index is 0.325. The summed E-state index contributed by atoms with van der Waals surface area (Å²) >= 11 is 7.70. The van der Waals surface area contributed by atoms with E-state index in [1.807, 2.05) is 6.26 Å². The predicted octanol–water partition coefficient (Wildman–Crippen LogP) is 1.80. The Kier molecular flexibility index (Phi) is 4.76. The van der Waals surface area contributed by atoms with Gasteiger partial charge < -0.3 is 16.8 Å². The molecule has 1 rings (SSSR count). The van der Waals surface area contributed by atoms with Gasteiger partial charge in [-0.05, 0) is 18.4 Å². The molecule has 6 heteroatoms. The van der Waals surface area contributed by atoms with E-state index in [0.717, 1.165) is 5.75 Å². The van der Waals surface area contributed by atoms with Gasteiger partial charge in [-0.2, -0.15) is 11.8 Å². The first-order chi connectivity index (χ1) is 7.56. The SMILES string of the molecule is CSCCNc1c(Cl)cc(N)cc1C(N)=O. The second kappa shape index (κ2) is 5.86. The van der Waals surface area contributed by atoms with Crippen molar-refractivity contribution in [1.82, 2.24) is 0 Å². The summed E-state index contributed by atoms with van der Waals surface area (Å²) in [7, 11) is 0. The van der Waals surface area contributed by atoms with Gasteiger partial charge in [0.15, 0.2) is 0 Å².